The van der Waals surface area contributed by atoms with Gasteiger partial charge in [0, 0.05) is 39.2 Å². The maximum absolute atomic E-state index is 13.8. The lowest BCUT2D eigenvalue weighted by molar-refractivity contribution is 0.0951. The van der Waals surface area contributed by atoms with Crippen molar-refractivity contribution in [3.05, 3.63) is 173 Å². The number of fused-ring (bicyclic) bond motifs is 3. The number of carbonyl (C=O) groups is 1. The number of rotatable bonds is 4. The normalized spacial score (nSPS) is 16.0. The highest BCUT2D eigenvalue weighted by Crippen LogP contribution is 2.50. The molecule has 6 aromatic carbocycles. The van der Waals surface area contributed by atoms with E-state index < -0.39 is 5.60 Å². The van der Waals surface area contributed by atoms with Crippen molar-refractivity contribution >= 4 is 33.6 Å². The van der Waals surface area contributed by atoms with Crippen LogP contribution in [-0.4, -0.2) is 10.9 Å². The summed E-state index contributed by atoms with van der Waals surface area (Å²) in [5, 5.41) is 15.0. The van der Waals surface area contributed by atoms with E-state index >= 15 is 0 Å². The predicted octanol–water partition coefficient (Wildman–Crippen LogP) is 8.14. The van der Waals surface area contributed by atoms with Crippen LogP contribution in [0.2, 0.25) is 0 Å². The second-order valence-electron chi connectivity index (χ2n) is 9.85. The molecule has 0 radical (unpaired) electrons. The molecule has 0 saturated carbocycles. The highest BCUT2D eigenvalue weighted by Gasteiger charge is 2.45. The molecule has 6 aromatic rings. The molecule has 186 valence electrons. The van der Waals surface area contributed by atoms with Crippen LogP contribution in [-0.2, 0) is 5.60 Å². The second-order valence-corrected chi connectivity index (χ2v) is 9.85. The molecule has 1 N–H and O–H groups in total. The Morgan fingerprint density at radius 2 is 1.00 bits per heavy atom. The van der Waals surface area contributed by atoms with Crippen molar-refractivity contribution in [3.63, 3.8) is 0 Å². The number of para-hydroxylation sites is 3. The molecule has 0 heterocycles. The van der Waals surface area contributed by atoms with E-state index in [1.165, 1.54) is 0 Å². The van der Waals surface area contributed by atoms with Crippen LogP contribution >= 0.6 is 0 Å². The predicted molar refractivity (Wildman–Crippen MR) is 157 cm³/mol. The van der Waals surface area contributed by atoms with Gasteiger partial charge in [-0.2, -0.15) is 0 Å². The number of hydrogen-bond acceptors (Lipinski definition) is 3. The van der Waals surface area contributed by atoms with Gasteiger partial charge >= 0.3 is 0 Å². The lowest BCUT2D eigenvalue weighted by Crippen LogP contribution is -2.37. The summed E-state index contributed by atoms with van der Waals surface area (Å²) < 4.78 is 0. The minimum Gasteiger partial charge on any atom is -0.376 e. The molecule has 1 atom stereocenters. The van der Waals surface area contributed by atoms with Crippen LogP contribution in [0.4, 0.5) is 17.1 Å². The number of aliphatic hydroxyl groups is 1. The van der Waals surface area contributed by atoms with Gasteiger partial charge < -0.3 is 10.0 Å². The number of nitrogens with zero attached hydrogens (tertiary/aromatic N) is 1. The molecule has 7 rings (SSSR count). The van der Waals surface area contributed by atoms with Crippen LogP contribution in [0, 0.1) is 0 Å². The van der Waals surface area contributed by atoms with Crippen molar-refractivity contribution in [1.29, 1.82) is 0 Å². The summed E-state index contributed by atoms with van der Waals surface area (Å²) in [4.78, 5) is 16.0. The first-order chi connectivity index (χ1) is 19.2. The molecule has 0 unspecified atom stereocenters. The van der Waals surface area contributed by atoms with Gasteiger partial charge in [0.1, 0.15) is 5.60 Å². The molecule has 3 heteroatoms. The highest BCUT2D eigenvalue weighted by atomic mass is 16.3. The fourth-order valence-electron chi connectivity index (χ4n) is 5.86. The van der Waals surface area contributed by atoms with Gasteiger partial charge in [0.25, 0.3) is 0 Å². The SMILES string of the molecule is O=C1c2ccccc2[C@@](O)(c2ccccc2N(c2ccccc2)c2ccccc2)c2cc3ccccc3cc21. The van der Waals surface area contributed by atoms with Gasteiger partial charge in [0.05, 0.1) is 5.69 Å². The second kappa shape index (κ2) is 9.09. The maximum atomic E-state index is 13.8. The van der Waals surface area contributed by atoms with Gasteiger partial charge in [0.15, 0.2) is 5.78 Å². The molecule has 0 fully saturated rings. The Hall–Kier alpha value is -4.99. The summed E-state index contributed by atoms with van der Waals surface area (Å²) in [5.74, 6) is -0.0727. The monoisotopic (exact) mass is 503 g/mol. The third-order valence-electron chi connectivity index (χ3n) is 7.65. The molecule has 0 bridgehead atoms. The van der Waals surface area contributed by atoms with Gasteiger partial charge in [-0.05, 0) is 53.2 Å². The summed E-state index contributed by atoms with van der Waals surface area (Å²) >= 11 is 0. The Bertz CT molecular complexity index is 1810. The van der Waals surface area contributed by atoms with Gasteiger partial charge in [-0.1, -0.05) is 103 Å². The lowest BCUT2D eigenvalue weighted by Gasteiger charge is -2.39. The third kappa shape index (κ3) is 3.59. The molecule has 0 saturated heterocycles. The Balaban J connectivity index is 1.56. The summed E-state index contributed by atoms with van der Waals surface area (Å²) in [6.45, 7) is 0. The number of ketones is 1. The van der Waals surface area contributed by atoms with E-state index in [0.29, 0.717) is 27.8 Å². The minimum absolute atomic E-state index is 0.0727. The molecule has 1 aliphatic rings. The van der Waals surface area contributed by atoms with Gasteiger partial charge in [-0.25, -0.2) is 0 Å². The first kappa shape index (κ1) is 23.2. The van der Waals surface area contributed by atoms with E-state index in [-0.39, 0.29) is 5.78 Å². The maximum Gasteiger partial charge on any atom is 0.193 e. The molecule has 1 aliphatic carbocycles. The Labute approximate surface area is 227 Å². The zero-order valence-corrected chi connectivity index (χ0v) is 21.2. The summed E-state index contributed by atoms with van der Waals surface area (Å²) in [6, 6.07) is 47.5. The first-order valence-corrected chi connectivity index (χ1v) is 13.1. The van der Waals surface area contributed by atoms with Crippen molar-refractivity contribution in [2.24, 2.45) is 0 Å². The largest absolute Gasteiger partial charge is 0.376 e. The van der Waals surface area contributed by atoms with Crippen LogP contribution in [0.15, 0.2) is 146 Å². The van der Waals surface area contributed by atoms with Crippen LogP contribution in [0.1, 0.15) is 32.6 Å². The fourth-order valence-corrected chi connectivity index (χ4v) is 5.86. The van der Waals surface area contributed by atoms with E-state index in [0.717, 1.165) is 27.8 Å². The van der Waals surface area contributed by atoms with E-state index in [9.17, 15) is 9.90 Å². The van der Waals surface area contributed by atoms with Crippen molar-refractivity contribution in [2.75, 3.05) is 4.90 Å². The number of carbonyl (C=O) groups excluding carboxylic acids is 1. The van der Waals surface area contributed by atoms with Crippen molar-refractivity contribution in [2.45, 2.75) is 5.60 Å². The zero-order chi connectivity index (χ0) is 26.4. The number of hydrogen-bond donors (Lipinski definition) is 1. The summed E-state index contributed by atoms with van der Waals surface area (Å²) in [5.41, 5.74) is 4.14. The Morgan fingerprint density at radius 3 is 1.67 bits per heavy atom. The molecule has 0 spiro atoms. The molecule has 0 aliphatic heterocycles. The Morgan fingerprint density at radius 1 is 0.487 bits per heavy atom. The molecular formula is C36H25NO2. The Kier molecular flexibility index (Phi) is 5.39. The lowest BCUT2D eigenvalue weighted by atomic mass is 9.69. The molecule has 0 amide bonds. The average molecular weight is 504 g/mol. The van der Waals surface area contributed by atoms with E-state index in [1.54, 1.807) is 0 Å². The smallest absolute Gasteiger partial charge is 0.193 e. The van der Waals surface area contributed by atoms with Gasteiger partial charge in [0.2, 0.25) is 0 Å². The quantitative estimate of drug-likeness (QED) is 0.264. The number of benzene rings is 6. The summed E-state index contributed by atoms with van der Waals surface area (Å²) in [7, 11) is 0. The van der Waals surface area contributed by atoms with Crippen molar-refractivity contribution in [3.8, 4) is 0 Å². The van der Waals surface area contributed by atoms with Crippen LogP contribution in [0.5, 0.6) is 0 Å². The molecule has 39 heavy (non-hydrogen) atoms. The summed E-state index contributed by atoms with van der Waals surface area (Å²) in [6.07, 6.45) is 0. The average Bonchev–Trinajstić information content (AvgIpc) is 3.01. The standard InChI is InChI=1S/C36H25NO2/c38-35-29-19-9-10-20-31(29)36(39,33-24-26-14-8-7-13-25(26)23-30(33)35)32-21-11-12-22-34(32)37(27-15-3-1-4-16-27)28-17-5-2-6-18-28/h1-24,39H/t36-/m1/s1. The number of anilines is 3. The van der Waals surface area contributed by atoms with Gasteiger partial charge in [-0.15, -0.1) is 0 Å². The third-order valence-corrected chi connectivity index (χ3v) is 7.65. The molecule has 3 nitrogen and oxygen atoms in total. The van der Waals surface area contributed by atoms with Gasteiger partial charge in [-0.3, -0.25) is 4.79 Å². The van der Waals surface area contributed by atoms with Crippen LogP contribution in [0.3, 0.4) is 0 Å². The molecular weight excluding hydrogens is 478 g/mol. The fraction of sp³-hybridized carbons (Fsp3) is 0.0278. The van der Waals surface area contributed by atoms with Crippen LogP contribution < -0.4 is 4.90 Å². The minimum atomic E-state index is -1.57. The molecule has 0 aromatic heterocycles. The van der Waals surface area contributed by atoms with Crippen molar-refractivity contribution < 1.29 is 9.90 Å². The van der Waals surface area contributed by atoms with E-state index in [1.807, 2.05) is 121 Å². The topological polar surface area (TPSA) is 40.5 Å². The van der Waals surface area contributed by atoms with E-state index in [2.05, 4.69) is 29.2 Å². The zero-order valence-electron chi connectivity index (χ0n) is 21.2. The van der Waals surface area contributed by atoms with E-state index in [4.69, 9.17) is 0 Å². The highest BCUT2D eigenvalue weighted by molar-refractivity contribution is 6.15. The first-order valence-electron chi connectivity index (χ1n) is 13.1. The van der Waals surface area contributed by atoms with Crippen LogP contribution in [0.25, 0.3) is 10.8 Å². The van der Waals surface area contributed by atoms with Crippen molar-refractivity contribution in [1.82, 2.24) is 0 Å².